The van der Waals surface area contributed by atoms with Crippen molar-refractivity contribution in [2.24, 2.45) is 0 Å². The summed E-state index contributed by atoms with van der Waals surface area (Å²) in [6, 6.07) is 1.97. The molecule has 1 N–H and O–H groups in total. The Morgan fingerprint density at radius 2 is 2.47 bits per heavy atom. The van der Waals surface area contributed by atoms with Crippen molar-refractivity contribution in [1.82, 2.24) is 20.1 Å². The Morgan fingerprint density at radius 1 is 1.53 bits per heavy atom. The molecule has 0 atom stereocenters. The van der Waals surface area contributed by atoms with Crippen molar-refractivity contribution in [3.8, 4) is 0 Å². The third-order valence-corrected chi connectivity index (χ3v) is 2.24. The molecule has 0 radical (unpaired) electrons. The molecule has 0 spiro atoms. The zero-order chi connectivity index (χ0) is 10.5. The number of nitrogens with zero attached hydrogens (tertiary/aromatic N) is 3. The molecule has 0 unspecified atom stereocenters. The molecule has 5 nitrogen and oxygen atoms in total. The van der Waals surface area contributed by atoms with Gasteiger partial charge in [-0.25, -0.2) is 4.98 Å². The summed E-state index contributed by atoms with van der Waals surface area (Å²) in [4.78, 5) is 3.87. The Labute approximate surface area is 88.1 Å². The van der Waals surface area contributed by atoms with E-state index in [0.717, 1.165) is 25.4 Å². The summed E-state index contributed by atoms with van der Waals surface area (Å²) in [5.74, 6) is 0.994. The molecule has 0 aliphatic heterocycles. The van der Waals surface area contributed by atoms with Crippen LogP contribution < -0.4 is 5.32 Å². The lowest BCUT2D eigenvalue weighted by molar-refractivity contribution is 0.467. The van der Waals surface area contributed by atoms with Gasteiger partial charge in [0.15, 0.2) is 0 Å². The second-order valence-electron chi connectivity index (χ2n) is 3.36. The van der Waals surface area contributed by atoms with Crippen molar-refractivity contribution in [2.45, 2.75) is 20.0 Å². The van der Waals surface area contributed by atoms with Gasteiger partial charge in [-0.15, -0.1) is 0 Å². The lowest BCUT2D eigenvalue weighted by Gasteiger charge is -2.03. The van der Waals surface area contributed by atoms with E-state index < -0.39 is 0 Å². The minimum Gasteiger partial charge on any atom is -0.468 e. The van der Waals surface area contributed by atoms with Gasteiger partial charge in [0, 0.05) is 6.54 Å². The predicted molar refractivity (Wildman–Crippen MR) is 55.2 cm³/mol. The largest absolute Gasteiger partial charge is 0.468 e. The van der Waals surface area contributed by atoms with Crippen LogP contribution in [0.5, 0.6) is 0 Å². The summed E-state index contributed by atoms with van der Waals surface area (Å²) in [6.45, 7) is 4.47. The van der Waals surface area contributed by atoms with Crippen LogP contribution in [0.3, 0.4) is 0 Å². The van der Waals surface area contributed by atoms with Crippen LogP contribution in [0, 0.1) is 6.92 Å². The van der Waals surface area contributed by atoms with Gasteiger partial charge in [-0.3, -0.25) is 4.68 Å². The fraction of sp³-hybridized carbons (Fsp3) is 0.400. The van der Waals surface area contributed by atoms with Gasteiger partial charge in [0.25, 0.3) is 0 Å². The van der Waals surface area contributed by atoms with E-state index in [2.05, 4.69) is 15.4 Å². The normalized spacial score (nSPS) is 10.7. The lowest BCUT2D eigenvalue weighted by atomic mass is 10.3. The molecular formula is C10H14N4O. The summed E-state index contributed by atoms with van der Waals surface area (Å²) >= 11 is 0. The standard InChI is InChI=1S/C10H14N4O/c1-9-2-5-15-10(9)6-11-3-4-14-8-12-7-13-14/h2,5,7-8,11H,3-4,6H2,1H3. The number of hydrogen-bond acceptors (Lipinski definition) is 4. The molecular weight excluding hydrogens is 192 g/mol. The molecule has 2 aromatic heterocycles. The van der Waals surface area contributed by atoms with Crippen LogP contribution in [0.4, 0.5) is 0 Å². The molecule has 0 saturated carbocycles. The highest BCUT2D eigenvalue weighted by Crippen LogP contribution is 2.07. The average molecular weight is 206 g/mol. The smallest absolute Gasteiger partial charge is 0.137 e. The van der Waals surface area contributed by atoms with Crippen molar-refractivity contribution in [1.29, 1.82) is 0 Å². The van der Waals surface area contributed by atoms with Crippen LogP contribution in [0.2, 0.25) is 0 Å². The van der Waals surface area contributed by atoms with Gasteiger partial charge in [0.2, 0.25) is 0 Å². The molecule has 0 saturated heterocycles. The quantitative estimate of drug-likeness (QED) is 0.740. The van der Waals surface area contributed by atoms with Crippen LogP contribution in [0.1, 0.15) is 11.3 Å². The van der Waals surface area contributed by atoms with Gasteiger partial charge in [-0.05, 0) is 18.6 Å². The number of aromatic nitrogens is 3. The highest BCUT2D eigenvalue weighted by atomic mass is 16.3. The Bertz CT molecular complexity index is 393. The summed E-state index contributed by atoms with van der Waals surface area (Å²) in [5, 5.41) is 7.30. The summed E-state index contributed by atoms with van der Waals surface area (Å²) < 4.78 is 7.10. The summed E-state index contributed by atoms with van der Waals surface area (Å²) in [7, 11) is 0. The molecule has 0 aliphatic carbocycles. The fourth-order valence-corrected chi connectivity index (χ4v) is 1.33. The first-order valence-corrected chi connectivity index (χ1v) is 4.92. The van der Waals surface area contributed by atoms with Crippen LogP contribution in [-0.2, 0) is 13.1 Å². The first-order valence-electron chi connectivity index (χ1n) is 4.92. The molecule has 2 aromatic rings. The molecule has 0 bridgehead atoms. The fourth-order valence-electron chi connectivity index (χ4n) is 1.33. The SMILES string of the molecule is Cc1ccoc1CNCCn1cncn1. The van der Waals surface area contributed by atoms with Crippen molar-refractivity contribution in [3.05, 3.63) is 36.3 Å². The summed E-state index contributed by atoms with van der Waals surface area (Å²) in [5.41, 5.74) is 1.18. The van der Waals surface area contributed by atoms with Gasteiger partial charge in [-0.2, -0.15) is 5.10 Å². The Balaban J connectivity index is 1.70. The monoisotopic (exact) mass is 206 g/mol. The van der Waals surface area contributed by atoms with E-state index in [1.165, 1.54) is 11.9 Å². The Kier molecular flexibility index (Phi) is 3.14. The van der Waals surface area contributed by atoms with E-state index in [0.29, 0.717) is 0 Å². The van der Waals surface area contributed by atoms with Gasteiger partial charge >= 0.3 is 0 Å². The topological polar surface area (TPSA) is 55.9 Å². The Morgan fingerprint density at radius 3 is 3.13 bits per heavy atom. The third-order valence-electron chi connectivity index (χ3n) is 2.24. The molecule has 0 aromatic carbocycles. The average Bonchev–Trinajstić information content (AvgIpc) is 2.85. The second-order valence-corrected chi connectivity index (χ2v) is 3.36. The second kappa shape index (κ2) is 4.75. The van der Waals surface area contributed by atoms with Crippen LogP contribution in [0.25, 0.3) is 0 Å². The van der Waals surface area contributed by atoms with Crippen molar-refractivity contribution >= 4 is 0 Å². The zero-order valence-electron chi connectivity index (χ0n) is 8.68. The van der Waals surface area contributed by atoms with Gasteiger partial charge < -0.3 is 9.73 Å². The molecule has 15 heavy (non-hydrogen) atoms. The highest BCUT2D eigenvalue weighted by Gasteiger charge is 2.00. The highest BCUT2D eigenvalue weighted by molar-refractivity contribution is 5.13. The molecule has 5 heteroatoms. The van der Waals surface area contributed by atoms with E-state index >= 15 is 0 Å². The van der Waals surface area contributed by atoms with Crippen molar-refractivity contribution < 1.29 is 4.42 Å². The lowest BCUT2D eigenvalue weighted by Crippen LogP contribution is -2.19. The number of aryl methyl sites for hydroxylation is 1. The maximum Gasteiger partial charge on any atom is 0.137 e. The number of nitrogens with one attached hydrogen (secondary N) is 1. The first kappa shape index (κ1) is 9.92. The van der Waals surface area contributed by atoms with E-state index in [1.807, 2.05) is 13.0 Å². The zero-order valence-corrected chi connectivity index (χ0v) is 8.68. The van der Waals surface area contributed by atoms with E-state index in [-0.39, 0.29) is 0 Å². The molecule has 0 amide bonds. The molecule has 2 heterocycles. The molecule has 2 rings (SSSR count). The number of rotatable bonds is 5. The van der Waals surface area contributed by atoms with Gasteiger partial charge in [0.05, 0.1) is 19.4 Å². The molecule has 0 aliphatic rings. The van der Waals surface area contributed by atoms with E-state index in [1.54, 1.807) is 17.3 Å². The number of furan rings is 1. The maximum atomic E-state index is 5.30. The van der Waals surface area contributed by atoms with Crippen LogP contribution >= 0.6 is 0 Å². The first-order chi connectivity index (χ1) is 7.36. The van der Waals surface area contributed by atoms with Gasteiger partial charge in [0.1, 0.15) is 18.4 Å². The van der Waals surface area contributed by atoms with Gasteiger partial charge in [-0.1, -0.05) is 0 Å². The minimum atomic E-state index is 0.757. The summed E-state index contributed by atoms with van der Waals surface area (Å²) in [6.07, 6.45) is 4.96. The molecule has 0 fully saturated rings. The van der Waals surface area contributed by atoms with Crippen LogP contribution in [-0.4, -0.2) is 21.3 Å². The van der Waals surface area contributed by atoms with Crippen molar-refractivity contribution in [3.63, 3.8) is 0 Å². The number of hydrogen-bond donors (Lipinski definition) is 1. The predicted octanol–water partition coefficient (Wildman–Crippen LogP) is 0.969. The van der Waals surface area contributed by atoms with E-state index in [4.69, 9.17) is 4.42 Å². The Hall–Kier alpha value is -1.62. The molecule has 80 valence electrons. The van der Waals surface area contributed by atoms with Crippen molar-refractivity contribution in [2.75, 3.05) is 6.54 Å². The van der Waals surface area contributed by atoms with Crippen LogP contribution in [0.15, 0.2) is 29.4 Å². The third kappa shape index (κ3) is 2.66. The minimum absolute atomic E-state index is 0.757. The maximum absolute atomic E-state index is 5.30. The van der Waals surface area contributed by atoms with E-state index in [9.17, 15) is 0 Å².